The molecule has 0 spiro atoms. The van der Waals surface area contributed by atoms with E-state index in [0.717, 1.165) is 12.1 Å². The molecule has 20 heavy (non-hydrogen) atoms. The van der Waals surface area contributed by atoms with Crippen LogP contribution in [0.2, 0.25) is 0 Å². The van der Waals surface area contributed by atoms with Crippen LogP contribution < -0.4 is 5.32 Å². The molecule has 0 bridgehead atoms. The minimum Gasteiger partial charge on any atom is -0.467 e. The number of ether oxygens (including phenoxy) is 1. The molecule has 108 valence electrons. The lowest BCUT2D eigenvalue weighted by Gasteiger charge is -2.11. The van der Waals surface area contributed by atoms with E-state index in [1.54, 1.807) is 6.07 Å². The van der Waals surface area contributed by atoms with Crippen LogP contribution >= 0.6 is 0 Å². The highest BCUT2D eigenvalue weighted by atomic mass is 19.4. The average molecular weight is 286 g/mol. The number of rotatable bonds is 3. The molecule has 0 saturated heterocycles. The van der Waals surface area contributed by atoms with Crippen LogP contribution in [0.5, 0.6) is 0 Å². The molecular formula is C13H13F3N2O2. The van der Waals surface area contributed by atoms with Crippen LogP contribution in [0.3, 0.4) is 0 Å². The fourth-order valence-corrected chi connectivity index (χ4v) is 1.93. The van der Waals surface area contributed by atoms with Crippen molar-refractivity contribution in [1.29, 1.82) is 0 Å². The SMILES string of the molecule is COC(=O)[C@@H]1CN=C(Cc2cccc(C(F)(F)F)c2)N1. The molecular weight excluding hydrogens is 273 g/mol. The fourth-order valence-electron chi connectivity index (χ4n) is 1.93. The highest BCUT2D eigenvalue weighted by molar-refractivity contribution is 5.92. The Morgan fingerprint density at radius 3 is 2.90 bits per heavy atom. The van der Waals surface area contributed by atoms with Gasteiger partial charge in [0.15, 0.2) is 0 Å². The van der Waals surface area contributed by atoms with Crippen molar-refractivity contribution in [2.24, 2.45) is 4.99 Å². The number of hydrogen-bond donors (Lipinski definition) is 1. The molecule has 7 heteroatoms. The number of amidine groups is 1. The molecule has 0 amide bonds. The van der Waals surface area contributed by atoms with E-state index in [2.05, 4.69) is 15.0 Å². The Bertz CT molecular complexity index is 541. The lowest BCUT2D eigenvalue weighted by atomic mass is 10.1. The van der Waals surface area contributed by atoms with Gasteiger partial charge < -0.3 is 10.1 Å². The molecule has 1 N–H and O–H groups in total. The molecule has 0 aromatic heterocycles. The van der Waals surface area contributed by atoms with Crippen molar-refractivity contribution < 1.29 is 22.7 Å². The lowest BCUT2D eigenvalue weighted by molar-refractivity contribution is -0.142. The van der Waals surface area contributed by atoms with Crippen LogP contribution in [0.15, 0.2) is 29.3 Å². The summed E-state index contributed by atoms with van der Waals surface area (Å²) in [5, 5.41) is 2.84. The Hall–Kier alpha value is -2.05. The Kier molecular flexibility index (Phi) is 3.96. The Balaban J connectivity index is 2.03. The second-order valence-corrected chi connectivity index (χ2v) is 4.38. The molecule has 0 radical (unpaired) electrons. The summed E-state index contributed by atoms with van der Waals surface area (Å²) in [6.45, 7) is 0.237. The van der Waals surface area contributed by atoms with Crippen molar-refractivity contribution >= 4 is 11.8 Å². The number of nitrogens with zero attached hydrogens (tertiary/aromatic N) is 1. The van der Waals surface area contributed by atoms with E-state index in [1.165, 1.54) is 13.2 Å². The minimum absolute atomic E-state index is 0.220. The summed E-state index contributed by atoms with van der Waals surface area (Å²) in [6.07, 6.45) is -4.15. The first-order valence-corrected chi connectivity index (χ1v) is 5.94. The number of carbonyl (C=O) groups excluding carboxylic acids is 1. The van der Waals surface area contributed by atoms with E-state index >= 15 is 0 Å². The molecule has 0 aliphatic carbocycles. The van der Waals surface area contributed by atoms with Crippen LogP contribution in [0, 0.1) is 0 Å². The van der Waals surface area contributed by atoms with E-state index in [1.807, 2.05) is 0 Å². The van der Waals surface area contributed by atoms with Gasteiger partial charge in [0.1, 0.15) is 11.9 Å². The van der Waals surface area contributed by atoms with Gasteiger partial charge in [0, 0.05) is 6.42 Å². The second kappa shape index (κ2) is 5.52. The van der Waals surface area contributed by atoms with Crippen LogP contribution in [-0.4, -0.2) is 31.5 Å². The highest BCUT2D eigenvalue weighted by Crippen LogP contribution is 2.29. The Labute approximate surface area is 113 Å². The largest absolute Gasteiger partial charge is 0.467 e. The molecule has 0 saturated carbocycles. The van der Waals surface area contributed by atoms with Crippen molar-refractivity contribution in [3.63, 3.8) is 0 Å². The highest BCUT2D eigenvalue weighted by Gasteiger charge is 2.31. The quantitative estimate of drug-likeness (QED) is 0.862. The number of esters is 1. The van der Waals surface area contributed by atoms with Gasteiger partial charge in [-0.25, -0.2) is 4.79 Å². The molecule has 0 unspecified atom stereocenters. The van der Waals surface area contributed by atoms with Crippen molar-refractivity contribution in [2.75, 3.05) is 13.7 Å². The number of carbonyl (C=O) groups is 1. The molecule has 4 nitrogen and oxygen atoms in total. The zero-order valence-corrected chi connectivity index (χ0v) is 10.7. The third-order valence-corrected chi connectivity index (χ3v) is 2.92. The molecule has 0 fully saturated rings. The van der Waals surface area contributed by atoms with Crippen LogP contribution in [0.25, 0.3) is 0 Å². The molecule has 2 rings (SSSR count). The van der Waals surface area contributed by atoms with E-state index in [4.69, 9.17) is 0 Å². The first-order chi connectivity index (χ1) is 9.40. The summed E-state index contributed by atoms with van der Waals surface area (Å²) < 4.78 is 42.3. The molecule has 1 aromatic rings. The van der Waals surface area contributed by atoms with Gasteiger partial charge in [0.25, 0.3) is 0 Å². The van der Waals surface area contributed by atoms with Crippen molar-refractivity contribution in [3.05, 3.63) is 35.4 Å². The maximum absolute atomic E-state index is 12.6. The van der Waals surface area contributed by atoms with Crippen molar-refractivity contribution in [2.45, 2.75) is 18.6 Å². The topological polar surface area (TPSA) is 50.7 Å². The average Bonchev–Trinajstić information content (AvgIpc) is 2.85. The predicted octanol–water partition coefficient (Wildman–Crippen LogP) is 1.79. The zero-order valence-electron chi connectivity index (χ0n) is 10.7. The van der Waals surface area contributed by atoms with Gasteiger partial charge in [0.2, 0.25) is 0 Å². The zero-order chi connectivity index (χ0) is 14.8. The summed E-state index contributed by atoms with van der Waals surface area (Å²) >= 11 is 0. The maximum Gasteiger partial charge on any atom is 0.416 e. The summed E-state index contributed by atoms with van der Waals surface area (Å²) in [4.78, 5) is 15.4. The third-order valence-electron chi connectivity index (χ3n) is 2.92. The minimum atomic E-state index is -4.37. The van der Waals surface area contributed by atoms with Crippen molar-refractivity contribution in [3.8, 4) is 0 Å². The predicted molar refractivity (Wildman–Crippen MR) is 66.4 cm³/mol. The molecule has 1 aromatic carbocycles. The van der Waals surface area contributed by atoms with Gasteiger partial charge in [-0.05, 0) is 11.6 Å². The molecule has 1 aliphatic rings. The first kappa shape index (κ1) is 14.4. The van der Waals surface area contributed by atoms with Crippen molar-refractivity contribution in [1.82, 2.24) is 5.32 Å². The van der Waals surface area contributed by atoms with Crippen LogP contribution in [0.4, 0.5) is 13.2 Å². The van der Waals surface area contributed by atoms with Crippen LogP contribution in [-0.2, 0) is 22.1 Å². The van der Waals surface area contributed by atoms with Gasteiger partial charge in [-0.2, -0.15) is 13.2 Å². The number of halogens is 3. The Morgan fingerprint density at radius 1 is 1.50 bits per heavy atom. The summed E-state index contributed by atoms with van der Waals surface area (Å²) in [5.41, 5.74) is -0.213. The number of methoxy groups -OCH3 is 1. The van der Waals surface area contributed by atoms with Crippen LogP contribution in [0.1, 0.15) is 11.1 Å². The van der Waals surface area contributed by atoms with E-state index < -0.39 is 23.8 Å². The lowest BCUT2D eigenvalue weighted by Crippen LogP contribution is -2.38. The summed E-state index contributed by atoms with van der Waals surface area (Å²) in [7, 11) is 1.27. The van der Waals surface area contributed by atoms with Gasteiger partial charge in [0.05, 0.1) is 19.2 Å². The van der Waals surface area contributed by atoms with Gasteiger partial charge in [-0.3, -0.25) is 4.99 Å². The molecule has 1 aliphatic heterocycles. The van der Waals surface area contributed by atoms with Gasteiger partial charge in [-0.1, -0.05) is 18.2 Å². The van der Waals surface area contributed by atoms with E-state index in [9.17, 15) is 18.0 Å². The van der Waals surface area contributed by atoms with Gasteiger partial charge in [-0.15, -0.1) is 0 Å². The molecule has 1 atom stereocenters. The number of nitrogens with one attached hydrogen (secondary N) is 1. The number of benzene rings is 1. The molecule has 1 heterocycles. The maximum atomic E-state index is 12.6. The number of aliphatic imine (C=N–C) groups is 1. The third kappa shape index (κ3) is 3.28. The first-order valence-electron chi connectivity index (χ1n) is 5.94. The Morgan fingerprint density at radius 2 is 2.25 bits per heavy atom. The normalized spacial score (nSPS) is 18.4. The van der Waals surface area contributed by atoms with E-state index in [-0.39, 0.29) is 13.0 Å². The number of alkyl halides is 3. The fraction of sp³-hybridized carbons (Fsp3) is 0.385. The second-order valence-electron chi connectivity index (χ2n) is 4.38. The van der Waals surface area contributed by atoms with E-state index in [0.29, 0.717) is 11.4 Å². The summed E-state index contributed by atoms with van der Waals surface area (Å²) in [6, 6.07) is 4.48. The van der Waals surface area contributed by atoms with Gasteiger partial charge >= 0.3 is 12.1 Å². The summed E-state index contributed by atoms with van der Waals surface area (Å²) in [5.74, 6) is 0.0486. The monoisotopic (exact) mass is 286 g/mol. The standard InChI is InChI=1S/C13H13F3N2O2/c1-20-12(19)10-7-17-11(18-10)6-8-3-2-4-9(5-8)13(14,15)16/h2-5,10H,6-7H2,1H3,(H,17,18)/t10-/m0/s1. The smallest absolute Gasteiger partial charge is 0.416 e. The number of hydrogen-bond acceptors (Lipinski definition) is 4.